The fraction of sp³-hybridized carbons (Fsp3) is 0.500. The molecule has 1 fully saturated rings. The van der Waals surface area contributed by atoms with Gasteiger partial charge < -0.3 is 9.88 Å². The molecule has 6 heteroatoms. The number of likely N-dealkylation sites (tertiary alicyclic amines) is 1. The van der Waals surface area contributed by atoms with Crippen molar-refractivity contribution in [3.05, 3.63) is 35.2 Å². The predicted molar refractivity (Wildman–Crippen MR) is 74.5 cm³/mol. The molecule has 1 N–H and O–H groups in total. The van der Waals surface area contributed by atoms with Crippen molar-refractivity contribution in [1.29, 1.82) is 0 Å². The van der Waals surface area contributed by atoms with Gasteiger partial charge in [0.1, 0.15) is 5.82 Å². The molecule has 20 heavy (non-hydrogen) atoms. The molecule has 0 aromatic carbocycles. The number of amides is 1. The number of aryl methyl sites for hydroxylation is 3. The summed E-state index contributed by atoms with van der Waals surface area (Å²) >= 11 is 0. The molecular formula is C14H19N5O. The van der Waals surface area contributed by atoms with E-state index in [1.165, 1.54) is 0 Å². The predicted octanol–water partition coefficient (Wildman–Crippen LogP) is 1.39. The Kier molecular flexibility index (Phi) is 3.08. The number of aromatic nitrogens is 4. The summed E-state index contributed by atoms with van der Waals surface area (Å²) in [5.74, 6) is 1.37. The van der Waals surface area contributed by atoms with E-state index in [1.807, 2.05) is 32.0 Å². The van der Waals surface area contributed by atoms with E-state index in [9.17, 15) is 4.79 Å². The average molecular weight is 273 g/mol. The molecule has 1 atom stereocenters. The van der Waals surface area contributed by atoms with Crippen LogP contribution < -0.4 is 0 Å². The molecule has 1 saturated heterocycles. The Bertz CT molecular complexity index is 642. The van der Waals surface area contributed by atoms with E-state index >= 15 is 0 Å². The summed E-state index contributed by atoms with van der Waals surface area (Å²) in [6, 6.07) is 0. The van der Waals surface area contributed by atoms with Crippen molar-refractivity contribution in [2.24, 2.45) is 7.05 Å². The summed E-state index contributed by atoms with van der Waals surface area (Å²) in [6.45, 7) is 5.36. The molecule has 0 unspecified atom stereocenters. The van der Waals surface area contributed by atoms with E-state index < -0.39 is 0 Å². The van der Waals surface area contributed by atoms with Crippen LogP contribution in [0.5, 0.6) is 0 Å². The van der Waals surface area contributed by atoms with Crippen LogP contribution in [0.2, 0.25) is 0 Å². The first kappa shape index (κ1) is 12.9. The lowest BCUT2D eigenvalue weighted by atomic mass is 10.1. The lowest BCUT2D eigenvalue weighted by Gasteiger charge is -2.15. The van der Waals surface area contributed by atoms with Crippen molar-refractivity contribution in [2.75, 3.05) is 13.1 Å². The van der Waals surface area contributed by atoms with Gasteiger partial charge in [0.05, 0.1) is 11.3 Å². The summed E-state index contributed by atoms with van der Waals surface area (Å²) in [5.41, 5.74) is 2.55. The number of nitrogens with zero attached hydrogens (tertiary/aromatic N) is 4. The van der Waals surface area contributed by atoms with Gasteiger partial charge in [-0.1, -0.05) is 0 Å². The first-order valence-electron chi connectivity index (χ1n) is 6.85. The van der Waals surface area contributed by atoms with Gasteiger partial charge in [-0.3, -0.25) is 9.48 Å². The highest BCUT2D eigenvalue weighted by atomic mass is 16.2. The Labute approximate surface area is 117 Å². The van der Waals surface area contributed by atoms with Crippen LogP contribution in [0.4, 0.5) is 0 Å². The quantitative estimate of drug-likeness (QED) is 0.899. The molecule has 0 saturated carbocycles. The van der Waals surface area contributed by atoms with Crippen molar-refractivity contribution >= 4 is 5.91 Å². The second-order valence-corrected chi connectivity index (χ2v) is 5.49. The third kappa shape index (κ3) is 2.21. The van der Waals surface area contributed by atoms with Gasteiger partial charge in [-0.2, -0.15) is 5.10 Å². The summed E-state index contributed by atoms with van der Waals surface area (Å²) in [6.07, 6.45) is 4.59. The molecule has 106 valence electrons. The summed E-state index contributed by atoms with van der Waals surface area (Å²) in [5, 5.41) is 4.23. The van der Waals surface area contributed by atoms with Gasteiger partial charge in [0.15, 0.2) is 0 Å². The van der Waals surface area contributed by atoms with Crippen LogP contribution in [-0.4, -0.2) is 43.6 Å². The average Bonchev–Trinajstić information content (AvgIpc) is 3.08. The van der Waals surface area contributed by atoms with E-state index in [-0.39, 0.29) is 5.91 Å². The zero-order valence-electron chi connectivity index (χ0n) is 12.1. The minimum Gasteiger partial charge on any atom is -0.346 e. The van der Waals surface area contributed by atoms with Crippen molar-refractivity contribution in [1.82, 2.24) is 24.6 Å². The lowest BCUT2D eigenvalue weighted by Crippen LogP contribution is -2.28. The Hall–Kier alpha value is -2.11. The number of rotatable bonds is 2. The summed E-state index contributed by atoms with van der Waals surface area (Å²) in [7, 11) is 1.84. The molecule has 1 aliphatic heterocycles. The number of hydrogen-bond acceptors (Lipinski definition) is 3. The van der Waals surface area contributed by atoms with Crippen LogP contribution in [0.3, 0.4) is 0 Å². The van der Waals surface area contributed by atoms with Crippen molar-refractivity contribution in [3.8, 4) is 0 Å². The molecule has 3 heterocycles. The monoisotopic (exact) mass is 273 g/mol. The normalized spacial score (nSPS) is 18.8. The third-order valence-corrected chi connectivity index (χ3v) is 3.83. The molecule has 0 bridgehead atoms. The van der Waals surface area contributed by atoms with Gasteiger partial charge in [-0.15, -0.1) is 0 Å². The third-order valence-electron chi connectivity index (χ3n) is 3.83. The highest BCUT2D eigenvalue weighted by molar-refractivity contribution is 5.95. The van der Waals surface area contributed by atoms with Crippen LogP contribution in [0, 0.1) is 13.8 Å². The number of carbonyl (C=O) groups is 1. The first-order chi connectivity index (χ1) is 9.54. The fourth-order valence-electron chi connectivity index (χ4n) is 2.79. The van der Waals surface area contributed by atoms with E-state index in [4.69, 9.17) is 0 Å². The molecule has 1 aliphatic rings. The maximum Gasteiger partial charge on any atom is 0.257 e. The Morgan fingerprint density at radius 1 is 1.45 bits per heavy atom. The van der Waals surface area contributed by atoms with E-state index in [2.05, 4.69) is 15.1 Å². The zero-order chi connectivity index (χ0) is 14.3. The smallest absolute Gasteiger partial charge is 0.257 e. The fourth-order valence-corrected chi connectivity index (χ4v) is 2.79. The minimum atomic E-state index is 0.0707. The number of imidazole rings is 1. The molecule has 0 aliphatic carbocycles. The van der Waals surface area contributed by atoms with E-state index in [1.54, 1.807) is 10.9 Å². The Morgan fingerprint density at radius 3 is 2.85 bits per heavy atom. The Balaban J connectivity index is 1.74. The number of hydrogen-bond donors (Lipinski definition) is 1. The van der Waals surface area contributed by atoms with Gasteiger partial charge >= 0.3 is 0 Å². The van der Waals surface area contributed by atoms with Gasteiger partial charge in [0.2, 0.25) is 0 Å². The Morgan fingerprint density at radius 2 is 2.25 bits per heavy atom. The van der Waals surface area contributed by atoms with E-state index in [0.717, 1.165) is 36.7 Å². The SMILES string of the molecule is Cc1cnc([C@@H]2CCN(C(=O)c3cn(C)nc3C)C2)[nH]1. The molecule has 2 aromatic heterocycles. The summed E-state index contributed by atoms with van der Waals surface area (Å²) < 4.78 is 1.69. The first-order valence-corrected chi connectivity index (χ1v) is 6.85. The van der Waals surface area contributed by atoms with Gasteiger partial charge in [0.25, 0.3) is 5.91 Å². The number of aromatic amines is 1. The van der Waals surface area contributed by atoms with Crippen molar-refractivity contribution < 1.29 is 4.79 Å². The number of carbonyl (C=O) groups excluding carboxylic acids is 1. The maximum absolute atomic E-state index is 12.5. The molecule has 3 rings (SSSR count). The van der Waals surface area contributed by atoms with Crippen LogP contribution in [0.15, 0.2) is 12.4 Å². The van der Waals surface area contributed by atoms with Gasteiger partial charge in [-0.25, -0.2) is 4.98 Å². The summed E-state index contributed by atoms with van der Waals surface area (Å²) in [4.78, 5) is 22.0. The molecule has 1 amide bonds. The molecular weight excluding hydrogens is 254 g/mol. The van der Waals surface area contributed by atoms with Gasteiger partial charge in [-0.05, 0) is 20.3 Å². The van der Waals surface area contributed by atoms with E-state index in [0.29, 0.717) is 11.5 Å². The van der Waals surface area contributed by atoms with Crippen LogP contribution in [0.1, 0.15) is 39.9 Å². The van der Waals surface area contributed by atoms with Crippen molar-refractivity contribution in [3.63, 3.8) is 0 Å². The van der Waals surface area contributed by atoms with Crippen molar-refractivity contribution in [2.45, 2.75) is 26.2 Å². The lowest BCUT2D eigenvalue weighted by molar-refractivity contribution is 0.0790. The topological polar surface area (TPSA) is 66.8 Å². The van der Waals surface area contributed by atoms with Crippen LogP contribution in [0.25, 0.3) is 0 Å². The van der Waals surface area contributed by atoms with Gasteiger partial charge in [0, 0.05) is 44.1 Å². The largest absolute Gasteiger partial charge is 0.346 e. The highest BCUT2D eigenvalue weighted by Crippen LogP contribution is 2.26. The minimum absolute atomic E-state index is 0.0707. The molecule has 6 nitrogen and oxygen atoms in total. The van der Waals surface area contributed by atoms with Crippen LogP contribution >= 0.6 is 0 Å². The molecule has 0 radical (unpaired) electrons. The molecule has 2 aromatic rings. The second-order valence-electron chi connectivity index (χ2n) is 5.49. The standard InChI is InChI=1S/C14H19N5O/c1-9-6-15-13(16-9)11-4-5-19(7-11)14(20)12-8-18(3)17-10(12)2/h6,8,11H,4-5,7H2,1-3H3,(H,15,16)/t11-/m1/s1. The second kappa shape index (κ2) is 4.77. The molecule has 0 spiro atoms. The maximum atomic E-state index is 12.5. The number of H-pyrrole nitrogens is 1. The highest BCUT2D eigenvalue weighted by Gasteiger charge is 2.30. The number of nitrogens with one attached hydrogen (secondary N) is 1. The van der Waals surface area contributed by atoms with Crippen LogP contribution in [-0.2, 0) is 7.05 Å². The zero-order valence-corrected chi connectivity index (χ0v) is 12.1.